The van der Waals surface area contributed by atoms with E-state index in [2.05, 4.69) is 66.0 Å². The molecule has 3 aliphatic rings. The quantitative estimate of drug-likeness (QED) is 0.376. The first-order valence-electron chi connectivity index (χ1n) is 11.8. The van der Waals surface area contributed by atoms with Crippen LogP contribution < -0.4 is 14.8 Å². The van der Waals surface area contributed by atoms with Gasteiger partial charge >= 0.3 is 0 Å². The zero-order chi connectivity index (χ0) is 22.6. The van der Waals surface area contributed by atoms with Crippen LogP contribution in [0.25, 0.3) is 16.3 Å². The highest BCUT2D eigenvalue weighted by Gasteiger charge is 2.38. The van der Waals surface area contributed by atoms with Crippen molar-refractivity contribution in [3.05, 3.63) is 107 Å². The molecule has 2 atom stereocenters. The third kappa shape index (κ3) is 2.95. The number of carbonyl (C=O) groups excluding carboxylic acids is 1. The maximum absolute atomic E-state index is 13.8. The predicted octanol–water partition coefficient (Wildman–Crippen LogP) is 6.64. The van der Waals surface area contributed by atoms with Gasteiger partial charge in [0.25, 0.3) is 0 Å². The van der Waals surface area contributed by atoms with Crippen LogP contribution in [0.1, 0.15) is 41.5 Å². The summed E-state index contributed by atoms with van der Waals surface area (Å²) >= 11 is 0. The van der Waals surface area contributed by atoms with Crippen molar-refractivity contribution >= 4 is 27.8 Å². The third-order valence-electron chi connectivity index (χ3n) is 7.33. The van der Waals surface area contributed by atoms with E-state index in [0.29, 0.717) is 6.42 Å². The summed E-state index contributed by atoms with van der Waals surface area (Å²) in [5.41, 5.74) is 6.53. The van der Waals surface area contributed by atoms with Crippen molar-refractivity contribution < 1.29 is 14.3 Å². The number of Topliss-reactive ketones (excluding diaryl/α,β-unsaturated/α-hetero) is 1. The highest BCUT2D eigenvalue weighted by Crippen LogP contribution is 2.51. The Bertz CT molecular complexity index is 1490. The van der Waals surface area contributed by atoms with Gasteiger partial charge in [-0.2, -0.15) is 0 Å². The fraction of sp³-hybridized carbons (Fsp3) is 0.167. The summed E-state index contributed by atoms with van der Waals surface area (Å²) in [5, 5.41) is 6.08. The Hall–Kier alpha value is -4.05. The Kier molecular flexibility index (Phi) is 4.28. The molecule has 0 radical (unpaired) electrons. The van der Waals surface area contributed by atoms with Crippen LogP contribution in [-0.2, 0) is 4.79 Å². The minimum atomic E-state index is -0.220. The molecule has 0 saturated carbocycles. The molecule has 2 aliphatic heterocycles. The van der Waals surface area contributed by atoms with Crippen LogP contribution in [0.15, 0.2) is 90.5 Å². The molecule has 4 nitrogen and oxygen atoms in total. The highest BCUT2D eigenvalue weighted by atomic mass is 16.7. The molecule has 1 aliphatic carbocycles. The van der Waals surface area contributed by atoms with E-state index >= 15 is 0 Å². The minimum absolute atomic E-state index is 0.176. The molecule has 0 spiro atoms. The highest BCUT2D eigenvalue weighted by molar-refractivity contribution is 6.13. The van der Waals surface area contributed by atoms with Crippen molar-refractivity contribution in [2.24, 2.45) is 0 Å². The number of hydrogen-bond donors (Lipinski definition) is 1. The lowest BCUT2D eigenvalue weighted by molar-refractivity contribution is -0.116. The van der Waals surface area contributed by atoms with E-state index in [1.165, 1.54) is 27.5 Å². The Morgan fingerprint density at radius 2 is 1.59 bits per heavy atom. The Morgan fingerprint density at radius 3 is 2.50 bits per heavy atom. The lowest BCUT2D eigenvalue weighted by Crippen LogP contribution is -2.29. The summed E-state index contributed by atoms with van der Waals surface area (Å²) in [7, 11) is 0. The summed E-state index contributed by atoms with van der Waals surface area (Å²) in [6.07, 6.45) is 1.36. The lowest BCUT2D eigenvalue weighted by atomic mass is 9.71. The average Bonchev–Trinajstić information content (AvgIpc) is 3.36. The first-order chi connectivity index (χ1) is 16.8. The van der Waals surface area contributed by atoms with Gasteiger partial charge in [0.2, 0.25) is 6.79 Å². The van der Waals surface area contributed by atoms with E-state index in [-0.39, 0.29) is 24.5 Å². The number of fused-ring (bicyclic) bond motifs is 5. The van der Waals surface area contributed by atoms with Crippen LogP contribution in [0.2, 0.25) is 0 Å². The van der Waals surface area contributed by atoms with E-state index in [4.69, 9.17) is 9.47 Å². The molecule has 0 bridgehead atoms. The lowest BCUT2D eigenvalue weighted by Gasteiger charge is -2.37. The monoisotopic (exact) mass is 445 g/mol. The molecule has 0 aromatic heterocycles. The Labute approximate surface area is 197 Å². The molecule has 4 aromatic rings. The molecule has 0 unspecified atom stereocenters. The predicted molar refractivity (Wildman–Crippen MR) is 133 cm³/mol. The van der Waals surface area contributed by atoms with Crippen molar-refractivity contribution in [3.63, 3.8) is 0 Å². The van der Waals surface area contributed by atoms with E-state index in [0.717, 1.165) is 34.7 Å². The summed E-state index contributed by atoms with van der Waals surface area (Å²) in [5.74, 6) is 1.87. The zero-order valence-corrected chi connectivity index (χ0v) is 18.6. The van der Waals surface area contributed by atoms with Gasteiger partial charge in [0.1, 0.15) is 0 Å². The van der Waals surface area contributed by atoms with E-state index in [9.17, 15) is 4.79 Å². The average molecular weight is 446 g/mol. The van der Waals surface area contributed by atoms with E-state index in [1.54, 1.807) is 0 Å². The summed E-state index contributed by atoms with van der Waals surface area (Å²) in [6.45, 7) is 0.233. The number of rotatable bonds is 2. The van der Waals surface area contributed by atoms with Crippen molar-refractivity contribution in [2.45, 2.75) is 24.8 Å². The largest absolute Gasteiger partial charge is 0.454 e. The van der Waals surface area contributed by atoms with Crippen molar-refractivity contribution in [2.75, 3.05) is 12.1 Å². The van der Waals surface area contributed by atoms with E-state index in [1.807, 2.05) is 24.3 Å². The number of nitrogens with one attached hydrogen (secondary N) is 1. The van der Waals surface area contributed by atoms with Gasteiger partial charge in [-0.15, -0.1) is 0 Å². The molecule has 2 heterocycles. The maximum Gasteiger partial charge on any atom is 0.231 e. The fourth-order valence-electron chi connectivity index (χ4n) is 5.75. The van der Waals surface area contributed by atoms with Gasteiger partial charge in [-0.1, -0.05) is 66.7 Å². The second-order valence-electron chi connectivity index (χ2n) is 9.23. The zero-order valence-electron chi connectivity index (χ0n) is 18.6. The number of ketones is 1. The van der Waals surface area contributed by atoms with Gasteiger partial charge in [0.15, 0.2) is 17.3 Å². The molecular formula is C30H23NO3. The van der Waals surface area contributed by atoms with Crippen molar-refractivity contribution in [3.8, 4) is 11.5 Å². The molecule has 0 fully saturated rings. The number of carbonyl (C=O) groups is 1. The first-order valence-corrected chi connectivity index (χ1v) is 11.8. The number of benzene rings is 4. The van der Waals surface area contributed by atoms with Crippen LogP contribution in [0.5, 0.6) is 11.5 Å². The molecule has 4 aromatic carbocycles. The van der Waals surface area contributed by atoms with Crippen LogP contribution in [-0.4, -0.2) is 12.6 Å². The normalized spacial score (nSPS) is 20.6. The molecule has 7 rings (SSSR count). The molecule has 0 saturated heterocycles. The molecule has 4 heteroatoms. The number of allylic oxidation sites excluding steroid dienone is 1. The van der Waals surface area contributed by atoms with Gasteiger partial charge in [0, 0.05) is 23.2 Å². The van der Waals surface area contributed by atoms with Crippen LogP contribution in [0, 0.1) is 0 Å². The molecule has 34 heavy (non-hydrogen) atoms. The van der Waals surface area contributed by atoms with Gasteiger partial charge < -0.3 is 14.8 Å². The SMILES string of the molecule is O=C1C[C@@H](c2ccccc2)CC2=C1[C@H](c1ccc3c(c1)OCO3)Nc1ccc3ccccc3c12. The minimum Gasteiger partial charge on any atom is -0.454 e. The molecule has 166 valence electrons. The topological polar surface area (TPSA) is 47.6 Å². The third-order valence-corrected chi connectivity index (χ3v) is 7.33. The first kappa shape index (κ1) is 19.4. The molecule has 1 N–H and O–H groups in total. The van der Waals surface area contributed by atoms with Crippen LogP contribution in [0.4, 0.5) is 5.69 Å². The van der Waals surface area contributed by atoms with Crippen molar-refractivity contribution in [1.29, 1.82) is 0 Å². The second-order valence-corrected chi connectivity index (χ2v) is 9.23. The summed E-state index contributed by atoms with van der Waals surface area (Å²) < 4.78 is 11.2. The smallest absolute Gasteiger partial charge is 0.231 e. The number of ether oxygens (including phenoxy) is 2. The summed E-state index contributed by atoms with van der Waals surface area (Å²) in [6, 6.07) is 29.0. The molecule has 0 amide bonds. The summed E-state index contributed by atoms with van der Waals surface area (Å²) in [4.78, 5) is 13.8. The Balaban J connectivity index is 1.44. The number of hydrogen-bond acceptors (Lipinski definition) is 4. The molecular weight excluding hydrogens is 422 g/mol. The Morgan fingerprint density at radius 1 is 0.765 bits per heavy atom. The number of anilines is 1. The fourth-order valence-corrected chi connectivity index (χ4v) is 5.75. The van der Waals surface area contributed by atoms with Gasteiger partial charge in [-0.05, 0) is 58.0 Å². The van der Waals surface area contributed by atoms with Crippen LogP contribution in [0.3, 0.4) is 0 Å². The van der Waals surface area contributed by atoms with Crippen LogP contribution >= 0.6 is 0 Å². The van der Waals surface area contributed by atoms with Gasteiger partial charge in [-0.25, -0.2) is 0 Å². The standard InChI is InChI=1S/C30H23NO3/c32-25-15-21(18-6-2-1-3-7-18)14-23-28-22-9-5-4-8-19(22)10-12-24(28)31-30(29(23)25)20-11-13-26-27(16-20)34-17-33-26/h1-13,16,21,30-31H,14-15,17H2/t21-,30-/m0/s1. The maximum atomic E-state index is 13.8. The van der Waals surface area contributed by atoms with Gasteiger partial charge in [-0.3, -0.25) is 4.79 Å². The second kappa shape index (κ2) is 7.49. The van der Waals surface area contributed by atoms with Crippen molar-refractivity contribution in [1.82, 2.24) is 0 Å². The van der Waals surface area contributed by atoms with Gasteiger partial charge in [0.05, 0.1) is 6.04 Å². The van der Waals surface area contributed by atoms with E-state index < -0.39 is 0 Å².